The highest BCUT2D eigenvalue weighted by molar-refractivity contribution is 5.93. The molecule has 3 amide bonds. The Balaban J connectivity index is 5.57. The minimum atomic E-state index is -0.995. The van der Waals surface area contributed by atoms with Crippen LogP contribution in [0.15, 0.2) is 4.99 Å². The van der Waals surface area contributed by atoms with Gasteiger partial charge in [0.25, 0.3) is 0 Å². The standard InChI is InChI=1S/C24H47N7O4/c1-4-7-11-17(16-32)29-22(34)19(13-9-6-3)31-23(35)20(14-10-15-28-24(26)27)30-21(33)18(25)12-8-5-2/h16-20H,4-15,25H2,1-3H3,(H,29,34)(H,30,33)(H,31,35)(H4,26,27,28)/t17-,18-,19-,20-/m1/s1/i/hD. The number of nitrogens with zero attached hydrogens (tertiary/aromatic N) is 1. The molecule has 11 heteroatoms. The molecule has 0 rings (SSSR count). The van der Waals surface area contributed by atoms with E-state index in [0.717, 1.165) is 25.7 Å². The van der Waals surface area contributed by atoms with Crippen molar-refractivity contribution in [1.29, 1.82) is 0 Å². The number of aldehydes is 1. The summed E-state index contributed by atoms with van der Waals surface area (Å²) in [5.41, 5.74) is 16.7. The van der Waals surface area contributed by atoms with Crippen LogP contribution in [0.2, 0.25) is 1.41 Å². The first-order chi connectivity index (χ1) is 17.1. The lowest BCUT2D eigenvalue weighted by atomic mass is 10.0. The predicted octanol–water partition coefficient (Wildman–Crippen LogP) is 0.591. The Hall–Kier alpha value is -2.69. The highest BCUT2D eigenvalue weighted by Gasteiger charge is 2.28. The van der Waals surface area contributed by atoms with E-state index >= 15 is 0 Å². The van der Waals surface area contributed by atoms with Crippen molar-refractivity contribution >= 4 is 30.0 Å². The van der Waals surface area contributed by atoms with Crippen LogP contribution in [-0.4, -0.2) is 60.7 Å². The zero-order chi connectivity index (χ0) is 27.5. The molecular formula is C24H47N7O4. The Morgan fingerprint density at radius 1 is 0.829 bits per heavy atom. The minimum Gasteiger partial charge on any atom is -0.370 e. The van der Waals surface area contributed by atoms with Crippen LogP contribution in [0.4, 0.5) is 0 Å². The van der Waals surface area contributed by atoms with Crippen LogP contribution in [0.25, 0.3) is 0 Å². The second-order valence-corrected chi connectivity index (χ2v) is 8.78. The third-order valence-corrected chi connectivity index (χ3v) is 5.55. The third kappa shape index (κ3) is 15.0. The minimum absolute atomic E-state index is 0.0739. The van der Waals surface area contributed by atoms with Crippen molar-refractivity contribution < 1.29 is 20.6 Å². The van der Waals surface area contributed by atoms with Crippen molar-refractivity contribution in [2.45, 2.75) is 116 Å². The monoisotopic (exact) mass is 498 g/mol. The van der Waals surface area contributed by atoms with Gasteiger partial charge in [-0.3, -0.25) is 19.4 Å². The second-order valence-electron chi connectivity index (χ2n) is 8.78. The number of amides is 3. The van der Waals surface area contributed by atoms with Gasteiger partial charge in [-0.05, 0) is 32.1 Å². The molecule has 0 radical (unpaired) electrons. The number of carbonyl (C=O) groups excluding carboxylic acids is 4. The maximum atomic E-state index is 13.2. The zero-order valence-electron chi connectivity index (χ0n) is 22.6. The fraction of sp³-hybridized carbons (Fsp3) is 0.792. The van der Waals surface area contributed by atoms with Crippen LogP contribution in [0.1, 0.15) is 91.4 Å². The fourth-order valence-electron chi connectivity index (χ4n) is 3.37. The van der Waals surface area contributed by atoms with Crippen molar-refractivity contribution in [2.75, 3.05) is 6.54 Å². The number of nitrogens with two attached hydrogens (primary N) is 3. The Morgan fingerprint density at radius 3 is 1.91 bits per heavy atom. The van der Waals surface area contributed by atoms with Crippen molar-refractivity contribution in [3.8, 4) is 0 Å². The maximum Gasteiger partial charge on any atom is 0.243 e. The van der Waals surface area contributed by atoms with Gasteiger partial charge in [0.05, 0.1) is 12.1 Å². The molecular weight excluding hydrogens is 450 g/mol. The van der Waals surface area contributed by atoms with E-state index < -0.39 is 41.9 Å². The number of carbonyl (C=O) groups is 4. The number of hydrogen-bond donors (Lipinski definition) is 6. The van der Waals surface area contributed by atoms with Crippen LogP contribution in [0, 0.1) is 0 Å². The Morgan fingerprint density at radius 2 is 1.34 bits per heavy atom. The molecule has 0 saturated carbocycles. The van der Waals surface area contributed by atoms with Crippen LogP contribution in [0.5, 0.6) is 0 Å². The molecule has 0 aliphatic rings. The normalized spacial score (nSPS) is 14.6. The van der Waals surface area contributed by atoms with E-state index in [0.29, 0.717) is 50.1 Å². The van der Waals surface area contributed by atoms with Gasteiger partial charge in [0.1, 0.15) is 18.4 Å². The van der Waals surface area contributed by atoms with Crippen molar-refractivity contribution in [2.24, 2.45) is 22.2 Å². The molecule has 4 atom stereocenters. The summed E-state index contributed by atoms with van der Waals surface area (Å²) < 4.78 is 8.22. The lowest BCUT2D eigenvalue weighted by molar-refractivity contribution is -0.133. The first-order valence-electron chi connectivity index (χ1n) is 13.3. The van der Waals surface area contributed by atoms with Crippen LogP contribution >= 0.6 is 0 Å². The average Bonchev–Trinajstić information content (AvgIpc) is 2.86. The van der Waals surface area contributed by atoms with E-state index in [1.165, 1.54) is 0 Å². The zero-order valence-corrected chi connectivity index (χ0v) is 21.6. The summed E-state index contributed by atoms with van der Waals surface area (Å²) in [6.45, 7) is 6.16. The topological polar surface area (TPSA) is 195 Å². The second kappa shape index (κ2) is 19.6. The molecule has 0 aliphatic heterocycles. The summed E-state index contributed by atoms with van der Waals surface area (Å²) in [7, 11) is 0. The summed E-state index contributed by atoms with van der Waals surface area (Å²) in [4.78, 5) is 54.3. The van der Waals surface area contributed by atoms with Crippen LogP contribution in [0.3, 0.4) is 0 Å². The largest absolute Gasteiger partial charge is 0.370 e. The molecule has 35 heavy (non-hydrogen) atoms. The molecule has 11 nitrogen and oxygen atoms in total. The summed E-state index contributed by atoms with van der Waals surface area (Å²) in [5, 5.41) is 6.05. The SMILES string of the molecule is [2H]N(C(=O)[C@@H](CCCC)NC(=O)[C@@H](CCCN=C(N)N)NC(=O)[C@H](N)CCCC)[C@@H](C=O)CCCC. The lowest BCUT2D eigenvalue weighted by Crippen LogP contribution is -2.56. The lowest BCUT2D eigenvalue weighted by Gasteiger charge is -2.25. The molecule has 0 bridgehead atoms. The number of hydrogen-bond acceptors (Lipinski definition) is 6. The van der Waals surface area contributed by atoms with Crippen LogP contribution in [-0.2, 0) is 19.2 Å². The van der Waals surface area contributed by atoms with Gasteiger partial charge in [0.2, 0.25) is 17.7 Å². The maximum absolute atomic E-state index is 13.2. The van der Waals surface area contributed by atoms with E-state index in [4.69, 9.17) is 18.6 Å². The van der Waals surface area contributed by atoms with Gasteiger partial charge in [-0.2, -0.15) is 0 Å². The van der Waals surface area contributed by atoms with Gasteiger partial charge < -0.3 is 37.9 Å². The van der Waals surface area contributed by atoms with E-state index in [9.17, 15) is 19.2 Å². The Kier molecular flexibility index (Phi) is 17.0. The number of guanidine groups is 1. The van der Waals surface area contributed by atoms with Gasteiger partial charge >= 0.3 is 0 Å². The molecule has 0 saturated heterocycles. The highest BCUT2D eigenvalue weighted by Crippen LogP contribution is 2.07. The first kappa shape index (κ1) is 30.3. The number of aliphatic imine (C=N–C) groups is 1. The molecule has 0 spiro atoms. The molecule has 0 aromatic carbocycles. The quantitative estimate of drug-likeness (QED) is 0.0611. The third-order valence-electron chi connectivity index (χ3n) is 5.55. The van der Waals surface area contributed by atoms with E-state index in [-0.39, 0.29) is 18.9 Å². The predicted molar refractivity (Wildman–Crippen MR) is 138 cm³/mol. The summed E-state index contributed by atoms with van der Waals surface area (Å²) in [6.07, 6.45) is 6.97. The molecule has 0 aromatic rings. The summed E-state index contributed by atoms with van der Waals surface area (Å²) in [5.74, 6) is -1.75. The highest BCUT2D eigenvalue weighted by atomic mass is 16.2. The number of nitrogens with one attached hydrogen (secondary N) is 3. The molecule has 0 aromatic heterocycles. The number of unbranched alkanes of at least 4 members (excludes halogenated alkanes) is 3. The van der Waals surface area contributed by atoms with Gasteiger partial charge in [-0.15, -0.1) is 0 Å². The van der Waals surface area contributed by atoms with Crippen LogP contribution < -0.4 is 33.1 Å². The molecule has 9 N–H and O–H groups in total. The smallest absolute Gasteiger partial charge is 0.243 e. The van der Waals surface area contributed by atoms with E-state index in [2.05, 4.69) is 15.6 Å². The van der Waals surface area contributed by atoms with Crippen molar-refractivity contribution in [3.05, 3.63) is 0 Å². The molecule has 0 fully saturated rings. The van der Waals surface area contributed by atoms with E-state index in [1.54, 1.807) is 0 Å². The van der Waals surface area contributed by atoms with Crippen molar-refractivity contribution in [3.63, 3.8) is 0 Å². The Bertz CT molecular complexity index is 704. The van der Waals surface area contributed by atoms with E-state index in [1.807, 2.05) is 20.8 Å². The summed E-state index contributed by atoms with van der Waals surface area (Å²) in [6, 6.07) is -3.60. The molecule has 202 valence electrons. The molecule has 0 unspecified atom stereocenters. The van der Waals surface area contributed by atoms with Gasteiger partial charge in [-0.25, -0.2) is 0 Å². The molecule has 0 aliphatic carbocycles. The number of rotatable bonds is 20. The van der Waals surface area contributed by atoms with Crippen molar-refractivity contribution in [1.82, 2.24) is 15.9 Å². The average molecular weight is 499 g/mol. The fourth-order valence-corrected chi connectivity index (χ4v) is 3.37. The molecule has 0 heterocycles. The first-order valence-corrected chi connectivity index (χ1v) is 12.8. The summed E-state index contributed by atoms with van der Waals surface area (Å²) >= 11 is 0. The Labute approximate surface area is 211 Å². The van der Waals surface area contributed by atoms with Gasteiger partial charge in [0.15, 0.2) is 7.37 Å². The van der Waals surface area contributed by atoms with Gasteiger partial charge in [0, 0.05) is 6.54 Å². The van der Waals surface area contributed by atoms with Gasteiger partial charge in [-0.1, -0.05) is 59.3 Å².